The van der Waals surface area contributed by atoms with Gasteiger partial charge in [0.15, 0.2) is 0 Å². The number of carbonyl (C=O) groups is 2. The van der Waals surface area contributed by atoms with Gasteiger partial charge < -0.3 is 9.80 Å². The highest BCUT2D eigenvalue weighted by molar-refractivity contribution is 7.13. The smallest absolute Gasteiger partial charge is 0.230 e. The van der Waals surface area contributed by atoms with Crippen LogP contribution in [0.15, 0.2) is 41.8 Å². The van der Waals surface area contributed by atoms with Crippen LogP contribution in [0.5, 0.6) is 0 Å². The molecule has 0 bridgehead atoms. The Hall–Kier alpha value is -2.14. The molecule has 1 aromatic carbocycles. The second-order valence-corrected chi connectivity index (χ2v) is 9.38. The van der Waals surface area contributed by atoms with Crippen molar-refractivity contribution < 1.29 is 9.59 Å². The van der Waals surface area contributed by atoms with E-state index in [1.165, 1.54) is 16.0 Å². The average Bonchev–Trinajstić information content (AvgIpc) is 3.41. The number of hydrogen-bond acceptors (Lipinski definition) is 3. The Morgan fingerprint density at radius 2 is 1.96 bits per heavy atom. The summed E-state index contributed by atoms with van der Waals surface area (Å²) in [4.78, 5) is 31.0. The van der Waals surface area contributed by atoms with Gasteiger partial charge in [0.1, 0.15) is 0 Å². The Balaban J connectivity index is 1.68. The van der Waals surface area contributed by atoms with Crippen LogP contribution < -0.4 is 0 Å². The number of amides is 2. The molecule has 2 fully saturated rings. The summed E-state index contributed by atoms with van der Waals surface area (Å²) >= 11 is 1.72. The molecular formula is C23H28N2O2S. The molecular weight excluding hydrogens is 368 g/mol. The van der Waals surface area contributed by atoms with Gasteiger partial charge in [0, 0.05) is 38.0 Å². The van der Waals surface area contributed by atoms with E-state index < -0.39 is 5.41 Å². The first-order valence-electron chi connectivity index (χ1n) is 10.1. The maximum atomic E-state index is 13.4. The fourth-order valence-electron chi connectivity index (χ4n) is 4.49. The van der Waals surface area contributed by atoms with Crippen LogP contribution >= 0.6 is 11.3 Å². The number of nitrogens with zero attached hydrogens (tertiary/aromatic N) is 2. The Kier molecular flexibility index (Phi) is 5.28. The van der Waals surface area contributed by atoms with Crippen LogP contribution in [0.4, 0.5) is 0 Å². The summed E-state index contributed by atoms with van der Waals surface area (Å²) in [6.45, 7) is 1.32. The molecule has 0 spiro atoms. The van der Waals surface area contributed by atoms with Gasteiger partial charge in [-0.15, -0.1) is 11.3 Å². The van der Waals surface area contributed by atoms with Crippen molar-refractivity contribution >= 4 is 23.2 Å². The maximum absolute atomic E-state index is 13.4. The summed E-state index contributed by atoms with van der Waals surface area (Å²) in [5.41, 5.74) is 1.86. The lowest BCUT2D eigenvalue weighted by molar-refractivity contribution is -0.147. The van der Waals surface area contributed by atoms with E-state index in [4.69, 9.17) is 0 Å². The van der Waals surface area contributed by atoms with E-state index in [0.29, 0.717) is 13.0 Å². The van der Waals surface area contributed by atoms with Crippen molar-refractivity contribution in [3.63, 3.8) is 0 Å². The summed E-state index contributed by atoms with van der Waals surface area (Å²) in [7, 11) is 3.66. The number of benzene rings is 1. The van der Waals surface area contributed by atoms with Gasteiger partial charge >= 0.3 is 0 Å². The van der Waals surface area contributed by atoms with Crippen LogP contribution in [0.3, 0.4) is 0 Å². The molecule has 2 heterocycles. The lowest BCUT2D eigenvalue weighted by atomic mass is 9.73. The molecule has 28 heavy (non-hydrogen) atoms. The highest BCUT2D eigenvalue weighted by Gasteiger charge is 2.46. The molecule has 2 aliphatic rings. The highest BCUT2D eigenvalue weighted by atomic mass is 32.1. The quantitative estimate of drug-likeness (QED) is 0.765. The number of piperidine rings is 1. The number of rotatable bonds is 5. The Labute approximate surface area is 171 Å². The fraction of sp³-hybridized carbons (Fsp3) is 0.478. The van der Waals surface area contributed by atoms with Crippen molar-refractivity contribution in [3.8, 4) is 10.4 Å². The maximum Gasteiger partial charge on any atom is 0.230 e. The van der Waals surface area contributed by atoms with Crippen LogP contribution in [0.25, 0.3) is 10.4 Å². The van der Waals surface area contributed by atoms with E-state index in [2.05, 4.69) is 41.8 Å². The number of carbonyl (C=O) groups excluding carboxylic acids is 2. The molecule has 0 radical (unpaired) electrons. The molecule has 2 amide bonds. The van der Waals surface area contributed by atoms with Crippen molar-refractivity contribution in [2.45, 2.75) is 32.1 Å². The summed E-state index contributed by atoms with van der Waals surface area (Å²) in [5, 5.41) is 2.09. The summed E-state index contributed by atoms with van der Waals surface area (Å²) < 4.78 is 0. The third-order valence-corrected chi connectivity index (χ3v) is 6.91. The predicted molar refractivity (Wildman–Crippen MR) is 113 cm³/mol. The van der Waals surface area contributed by atoms with E-state index in [0.717, 1.165) is 32.2 Å². The van der Waals surface area contributed by atoms with Gasteiger partial charge in [0.2, 0.25) is 11.8 Å². The van der Waals surface area contributed by atoms with E-state index in [-0.39, 0.29) is 17.7 Å². The Morgan fingerprint density at radius 1 is 1.18 bits per heavy atom. The van der Waals surface area contributed by atoms with E-state index >= 15 is 0 Å². The van der Waals surface area contributed by atoms with Crippen LogP contribution in [-0.2, 0) is 16.0 Å². The van der Waals surface area contributed by atoms with Crippen molar-refractivity contribution in [3.05, 3.63) is 47.3 Å². The first-order chi connectivity index (χ1) is 13.5. The molecule has 1 aromatic heterocycles. The van der Waals surface area contributed by atoms with Crippen LogP contribution in [0.2, 0.25) is 0 Å². The molecule has 5 heteroatoms. The molecule has 1 saturated heterocycles. The molecule has 1 unspecified atom stereocenters. The third-order valence-electron chi connectivity index (χ3n) is 6.01. The van der Waals surface area contributed by atoms with Crippen molar-refractivity contribution in [1.29, 1.82) is 0 Å². The molecule has 148 valence electrons. The normalized spacial score (nSPS) is 22.1. The van der Waals surface area contributed by atoms with Crippen LogP contribution in [0, 0.1) is 11.3 Å². The number of likely N-dealkylation sites (tertiary alicyclic amines) is 1. The standard InChI is InChI=1S/C23H28N2O2S/c1-24(2)22(27)23(12-6-13-25(16-23)21(26)17-10-11-17)15-18-7-3-4-8-19(18)20-9-5-14-28-20/h3-5,7-9,14,17H,6,10-13,15-16H2,1-2H3. The molecule has 1 aliphatic carbocycles. The zero-order chi connectivity index (χ0) is 19.7. The SMILES string of the molecule is CN(C)C(=O)C1(Cc2ccccc2-c2cccs2)CCCN(C(=O)C2CC2)C1. The molecule has 4 rings (SSSR count). The number of hydrogen-bond donors (Lipinski definition) is 0. The number of thiophene rings is 1. The Morgan fingerprint density at radius 3 is 2.64 bits per heavy atom. The van der Waals surface area contributed by atoms with Gasteiger partial charge in [-0.3, -0.25) is 9.59 Å². The molecule has 2 aromatic rings. The van der Waals surface area contributed by atoms with E-state index in [1.807, 2.05) is 19.0 Å². The van der Waals surface area contributed by atoms with Gasteiger partial charge in [0.05, 0.1) is 5.41 Å². The monoisotopic (exact) mass is 396 g/mol. The molecule has 4 nitrogen and oxygen atoms in total. The molecule has 1 saturated carbocycles. The fourth-order valence-corrected chi connectivity index (χ4v) is 5.28. The first-order valence-corrected chi connectivity index (χ1v) is 11.0. The van der Waals surface area contributed by atoms with Crippen LogP contribution in [0.1, 0.15) is 31.2 Å². The Bertz CT molecular complexity index is 857. The van der Waals surface area contributed by atoms with E-state index in [9.17, 15) is 9.59 Å². The predicted octanol–water partition coefficient (Wildman–Crippen LogP) is 4.06. The molecule has 0 N–H and O–H groups in total. The minimum atomic E-state index is -0.542. The van der Waals surface area contributed by atoms with Crippen LogP contribution in [-0.4, -0.2) is 48.8 Å². The van der Waals surface area contributed by atoms with Crippen molar-refractivity contribution in [2.75, 3.05) is 27.2 Å². The lowest BCUT2D eigenvalue weighted by Crippen LogP contribution is -2.54. The highest BCUT2D eigenvalue weighted by Crippen LogP contribution is 2.40. The topological polar surface area (TPSA) is 40.6 Å². The van der Waals surface area contributed by atoms with E-state index in [1.54, 1.807) is 16.2 Å². The van der Waals surface area contributed by atoms with Gasteiger partial charge in [-0.25, -0.2) is 0 Å². The third kappa shape index (κ3) is 3.72. The van der Waals surface area contributed by atoms with Gasteiger partial charge in [-0.2, -0.15) is 0 Å². The average molecular weight is 397 g/mol. The zero-order valence-electron chi connectivity index (χ0n) is 16.7. The first kappa shape index (κ1) is 19.2. The van der Waals surface area contributed by atoms with Crippen molar-refractivity contribution in [1.82, 2.24) is 9.80 Å². The largest absolute Gasteiger partial charge is 0.348 e. The minimum Gasteiger partial charge on any atom is -0.348 e. The van der Waals surface area contributed by atoms with Crippen molar-refractivity contribution in [2.24, 2.45) is 11.3 Å². The zero-order valence-corrected chi connectivity index (χ0v) is 17.5. The summed E-state index contributed by atoms with van der Waals surface area (Å²) in [5.74, 6) is 0.590. The van der Waals surface area contributed by atoms with Gasteiger partial charge in [-0.05, 0) is 54.7 Å². The minimum absolute atomic E-state index is 0.141. The van der Waals surface area contributed by atoms with Gasteiger partial charge in [0.25, 0.3) is 0 Å². The molecule has 1 atom stereocenters. The molecule has 1 aliphatic heterocycles. The summed E-state index contributed by atoms with van der Waals surface area (Å²) in [6.07, 6.45) is 4.40. The van der Waals surface area contributed by atoms with Gasteiger partial charge in [-0.1, -0.05) is 30.3 Å². The second kappa shape index (κ2) is 7.70. The second-order valence-electron chi connectivity index (χ2n) is 8.43. The lowest BCUT2D eigenvalue weighted by Gasteiger charge is -2.43. The summed E-state index contributed by atoms with van der Waals surface area (Å²) in [6, 6.07) is 12.6.